The molecule has 1 aliphatic rings. The Bertz CT molecular complexity index is 628. The predicted octanol–water partition coefficient (Wildman–Crippen LogP) is 2.27. The lowest BCUT2D eigenvalue weighted by Crippen LogP contribution is -2.46. The van der Waals surface area contributed by atoms with Crippen LogP contribution < -0.4 is 10.1 Å². The van der Waals surface area contributed by atoms with Gasteiger partial charge >= 0.3 is 6.03 Å². The number of carbonyl (C=O) groups excluding carboxylic acids is 1. The van der Waals surface area contributed by atoms with Gasteiger partial charge in [-0.25, -0.2) is 4.79 Å². The molecule has 2 aromatic rings. The lowest BCUT2D eigenvalue weighted by atomic mass is 10.1. The SMILES string of the molecule is O=C(NCCc1cccnc1)N1CCC(Oc2ccncc2)CC1. The third-order valence-electron chi connectivity index (χ3n) is 4.09. The molecule has 0 spiro atoms. The number of carbonyl (C=O) groups is 1. The first-order valence-corrected chi connectivity index (χ1v) is 8.29. The Labute approximate surface area is 141 Å². The number of rotatable bonds is 5. The fourth-order valence-corrected chi connectivity index (χ4v) is 2.76. The van der Waals surface area contributed by atoms with Crippen LogP contribution in [0.15, 0.2) is 49.1 Å². The first kappa shape index (κ1) is 16.2. The lowest BCUT2D eigenvalue weighted by Gasteiger charge is -2.32. The second kappa shape index (κ2) is 8.29. The van der Waals surface area contributed by atoms with Crippen LogP contribution in [0.5, 0.6) is 5.75 Å². The zero-order valence-electron chi connectivity index (χ0n) is 13.6. The Morgan fingerprint density at radius 1 is 1.17 bits per heavy atom. The van der Waals surface area contributed by atoms with Crippen LogP contribution in [-0.4, -0.2) is 46.6 Å². The number of hydrogen-bond acceptors (Lipinski definition) is 4. The molecular formula is C18H22N4O2. The highest BCUT2D eigenvalue weighted by atomic mass is 16.5. The third-order valence-corrected chi connectivity index (χ3v) is 4.09. The molecule has 3 rings (SSSR count). The second-order valence-electron chi connectivity index (χ2n) is 5.83. The fraction of sp³-hybridized carbons (Fsp3) is 0.389. The summed E-state index contributed by atoms with van der Waals surface area (Å²) in [6.07, 6.45) is 9.67. The van der Waals surface area contributed by atoms with E-state index in [-0.39, 0.29) is 12.1 Å². The first-order chi connectivity index (χ1) is 11.8. The molecule has 2 amide bonds. The Kier molecular flexibility index (Phi) is 5.61. The number of pyridine rings is 2. The fourth-order valence-electron chi connectivity index (χ4n) is 2.76. The molecule has 1 fully saturated rings. The van der Waals surface area contributed by atoms with E-state index in [2.05, 4.69) is 15.3 Å². The van der Waals surface area contributed by atoms with Gasteiger partial charge in [0, 0.05) is 57.3 Å². The van der Waals surface area contributed by atoms with Crippen molar-refractivity contribution in [3.05, 3.63) is 54.6 Å². The van der Waals surface area contributed by atoms with Crippen molar-refractivity contribution in [1.82, 2.24) is 20.2 Å². The molecular weight excluding hydrogens is 304 g/mol. The molecule has 6 heteroatoms. The van der Waals surface area contributed by atoms with Gasteiger partial charge in [0.1, 0.15) is 11.9 Å². The Morgan fingerprint density at radius 2 is 1.96 bits per heavy atom. The molecule has 0 aliphatic carbocycles. The van der Waals surface area contributed by atoms with Gasteiger partial charge in [-0.2, -0.15) is 0 Å². The Morgan fingerprint density at radius 3 is 2.67 bits per heavy atom. The summed E-state index contributed by atoms with van der Waals surface area (Å²) in [5, 5.41) is 2.98. The summed E-state index contributed by atoms with van der Waals surface area (Å²) in [5.74, 6) is 0.837. The van der Waals surface area contributed by atoms with Crippen LogP contribution >= 0.6 is 0 Å². The summed E-state index contributed by atoms with van der Waals surface area (Å²) in [6.45, 7) is 2.06. The van der Waals surface area contributed by atoms with Crippen LogP contribution in [0.2, 0.25) is 0 Å². The average Bonchev–Trinajstić information content (AvgIpc) is 2.64. The van der Waals surface area contributed by atoms with Crippen molar-refractivity contribution in [3.63, 3.8) is 0 Å². The van der Waals surface area contributed by atoms with E-state index >= 15 is 0 Å². The molecule has 24 heavy (non-hydrogen) atoms. The van der Waals surface area contributed by atoms with E-state index in [1.165, 1.54) is 0 Å². The highest BCUT2D eigenvalue weighted by Crippen LogP contribution is 2.18. The molecule has 0 aromatic carbocycles. The summed E-state index contributed by atoms with van der Waals surface area (Å²) in [6, 6.07) is 7.64. The van der Waals surface area contributed by atoms with Crippen molar-refractivity contribution in [2.75, 3.05) is 19.6 Å². The minimum Gasteiger partial charge on any atom is -0.490 e. The van der Waals surface area contributed by atoms with E-state index in [1.54, 1.807) is 18.6 Å². The number of piperidine rings is 1. The molecule has 0 bridgehead atoms. The minimum atomic E-state index is 0.00116. The highest BCUT2D eigenvalue weighted by Gasteiger charge is 2.23. The third kappa shape index (κ3) is 4.68. The Balaban J connectivity index is 1.37. The van der Waals surface area contributed by atoms with Crippen molar-refractivity contribution >= 4 is 6.03 Å². The van der Waals surface area contributed by atoms with Crippen molar-refractivity contribution in [2.45, 2.75) is 25.4 Å². The van der Waals surface area contributed by atoms with E-state index in [0.29, 0.717) is 19.6 Å². The number of hydrogen-bond donors (Lipinski definition) is 1. The molecule has 0 unspecified atom stereocenters. The maximum absolute atomic E-state index is 12.2. The molecule has 1 saturated heterocycles. The quantitative estimate of drug-likeness (QED) is 0.915. The molecule has 2 aromatic heterocycles. The number of likely N-dealkylation sites (tertiary alicyclic amines) is 1. The van der Waals surface area contributed by atoms with E-state index in [4.69, 9.17) is 4.74 Å². The topological polar surface area (TPSA) is 67.4 Å². The van der Waals surface area contributed by atoms with Gasteiger partial charge in [-0.1, -0.05) is 6.07 Å². The number of urea groups is 1. The standard InChI is InChI=1S/C18H22N4O2/c23-18(21-11-3-15-2-1-8-20-14-15)22-12-6-17(7-13-22)24-16-4-9-19-10-5-16/h1-2,4-5,8-10,14,17H,3,6-7,11-13H2,(H,21,23). The van der Waals surface area contributed by atoms with Crippen LogP contribution in [0.1, 0.15) is 18.4 Å². The monoisotopic (exact) mass is 326 g/mol. The summed E-state index contributed by atoms with van der Waals surface area (Å²) >= 11 is 0. The molecule has 1 aliphatic heterocycles. The molecule has 3 heterocycles. The summed E-state index contributed by atoms with van der Waals surface area (Å²) < 4.78 is 5.92. The number of aromatic nitrogens is 2. The smallest absolute Gasteiger partial charge is 0.317 e. The van der Waals surface area contributed by atoms with E-state index in [9.17, 15) is 4.79 Å². The number of amides is 2. The van der Waals surface area contributed by atoms with Crippen LogP contribution in [0.3, 0.4) is 0 Å². The number of nitrogens with one attached hydrogen (secondary N) is 1. The molecule has 1 N–H and O–H groups in total. The predicted molar refractivity (Wildman–Crippen MR) is 90.8 cm³/mol. The van der Waals surface area contributed by atoms with E-state index < -0.39 is 0 Å². The van der Waals surface area contributed by atoms with Crippen molar-refractivity contribution in [3.8, 4) is 5.75 Å². The zero-order valence-corrected chi connectivity index (χ0v) is 13.6. The summed E-state index contributed by atoms with van der Waals surface area (Å²) in [5.41, 5.74) is 1.13. The maximum atomic E-state index is 12.2. The molecule has 126 valence electrons. The van der Waals surface area contributed by atoms with Gasteiger partial charge in [-0.05, 0) is 30.2 Å². The number of nitrogens with zero attached hydrogens (tertiary/aromatic N) is 3. The van der Waals surface area contributed by atoms with Gasteiger partial charge in [-0.3, -0.25) is 9.97 Å². The normalized spacial score (nSPS) is 15.1. The zero-order chi connectivity index (χ0) is 16.6. The highest BCUT2D eigenvalue weighted by molar-refractivity contribution is 5.74. The van der Waals surface area contributed by atoms with Crippen molar-refractivity contribution < 1.29 is 9.53 Å². The van der Waals surface area contributed by atoms with Gasteiger partial charge in [0.2, 0.25) is 0 Å². The van der Waals surface area contributed by atoms with Gasteiger partial charge < -0.3 is 15.0 Å². The summed E-state index contributed by atoms with van der Waals surface area (Å²) in [7, 11) is 0. The minimum absolute atomic E-state index is 0.00116. The molecule has 0 radical (unpaired) electrons. The van der Waals surface area contributed by atoms with Crippen molar-refractivity contribution in [1.29, 1.82) is 0 Å². The van der Waals surface area contributed by atoms with Crippen molar-refractivity contribution in [2.24, 2.45) is 0 Å². The van der Waals surface area contributed by atoms with Crippen LogP contribution in [0, 0.1) is 0 Å². The first-order valence-electron chi connectivity index (χ1n) is 8.29. The van der Waals surface area contributed by atoms with E-state index in [1.807, 2.05) is 35.4 Å². The van der Waals surface area contributed by atoms with Crippen LogP contribution in [-0.2, 0) is 6.42 Å². The summed E-state index contributed by atoms with van der Waals surface area (Å²) in [4.78, 5) is 22.1. The molecule has 0 atom stereocenters. The Hall–Kier alpha value is -2.63. The average molecular weight is 326 g/mol. The lowest BCUT2D eigenvalue weighted by molar-refractivity contribution is 0.111. The van der Waals surface area contributed by atoms with Crippen LogP contribution in [0.25, 0.3) is 0 Å². The molecule has 0 saturated carbocycles. The maximum Gasteiger partial charge on any atom is 0.317 e. The second-order valence-corrected chi connectivity index (χ2v) is 5.83. The molecule has 6 nitrogen and oxygen atoms in total. The van der Waals surface area contributed by atoms with Gasteiger partial charge in [0.15, 0.2) is 0 Å². The largest absolute Gasteiger partial charge is 0.490 e. The van der Waals surface area contributed by atoms with Gasteiger partial charge in [0.05, 0.1) is 0 Å². The van der Waals surface area contributed by atoms with Gasteiger partial charge in [-0.15, -0.1) is 0 Å². The van der Waals surface area contributed by atoms with E-state index in [0.717, 1.165) is 30.6 Å². The van der Waals surface area contributed by atoms with Gasteiger partial charge in [0.25, 0.3) is 0 Å². The van der Waals surface area contributed by atoms with Crippen LogP contribution in [0.4, 0.5) is 4.79 Å². The number of ether oxygens (including phenoxy) is 1.